The lowest BCUT2D eigenvalue weighted by Crippen LogP contribution is -2.31. The van der Waals surface area contributed by atoms with E-state index in [0.29, 0.717) is 57.7 Å². The molecule has 2 heterocycles. The molecule has 0 spiro atoms. The van der Waals surface area contributed by atoms with Crippen molar-refractivity contribution in [2.24, 2.45) is 11.8 Å². The first-order valence-electron chi connectivity index (χ1n) is 12.1. The molecular weight excluding hydrogens is 444 g/mol. The van der Waals surface area contributed by atoms with Gasteiger partial charge in [-0.3, -0.25) is 9.69 Å². The van der Waals surface area contributed by atoms with E-state index >= 15 is 0 Å². The number of hydrogen-bond donors (Lipinski definition) is 1. The molecule has 34 heavy (non-hydrogen) atoms. The number of hydrogen-bond acceptors (Lipinski definition) is 6. The summed E-state index contributed by atoms with van der Waals surface area (Å²) in [7, 11) is 0. The van der Waals surface area contributed by atoms with Gasteiger partial charge in [-0.1, -0.05) is 46.8 Å². The van der Waals surface area contributed by atoms with Crippen LogP contribution in [-0.2, 0) is 13.0 Å². The zero-order chi connectivity index (χ0) is 24.6. The summed E-state index contributed by atoms with van der Waals surface area (Å²) < 4.78 is 7.36. The van der Waals surface area contributed by atoms with E-state index in [2.05, 4.69) is 32.6 Å². The molecule has 180 valence electrons. The van der Waals surface area contributed by atoms with Crippen LogP contribution in [0.4, 0.5) is 0 Å². The lowest BCUT2D eigenvalue weighted by molar-refractivity contribution is 0.209. The van der Waals surface area contributed by atoms with E-state index in [0.717, 1.165) is 28.9 Å². The molecule has 0 fully saturated rings. The first-order chi connectivity index (χ1) is 16.2. The van der Waals surface area contributed by atoms with Gasteiger partial charge in [0.25, 0.3) is 0 Å². The summed E-state index contributed by atoms with van der Waals surface area (Å²) in [5.41, 5.74) is 3.25. The van der Waals surface area contributed by atoms with Crippen molar-refractivity contribution in [1.29, 1.82) is 0 Å². The molecule has 2 aromatic carbocycles. The summed E-state index contributed by atoms with van der Waals surface area (Å²) in [6, 6.07) is 9.69. The molecule has 5 nitrogen and oxygen atoms in total. The number of aromatic nitrogens is 1. The molecule has 6 heteroatoms. The molecule has 0 radical (unpaired) electrons. The Kier molecular flexibility index (Phi) is 7.10. The summed E-state index contributed by atoms with van der Waals surface area (Å²) >= 11 is 1.50. The zero-order valence-electron chi connectivity index (χ0n) is 20.9. The summed E-state index contributed by atoms with van der Waals surface area (Å²) in [4.78, 5) is 20.9. The van der Waals surface area contributed by atoms with E-state index in [9.17, 15) is 9.90 Å². The molecule has 0 atom stereocenters. The lowest BCUT2D eigenvalue weighted by atomic mass is 9.99. The van der Waals surface area contributed by atoms with Gasteiger partial charge in [0.05, 0.1) is 26.7 Å². The summed E-state index contributed by atoms with van der Waals surface area (Å²) in [6.45, 7) is 14.9. The van der Waals surface area contributed by atoms with Crippen molar-refractivity contribution >= 4 is 32.5 Å². The molecule has 0 bridgehead atoms. The van der Waals surface area contributed by atoms with Crippen LogP contribution in [0.15, 0.2) is 39.5 Å². The highest BCUT2D eigenvalue weighted by Crippen LogP contribution is 2.36. The summed E-state index contributed by atoms with van der Waals surface area (Å²) in [5, 5.41) is 12.4. The fourth-order valence-electron chi connectivity index (χ4n) is 4.66. The second-order valence-electron chi connectivity index (χ2n) is 9.92. The number of aromatic hydroxyl groups is 1. The Morgan fingerprint density at radius 3 is 2.41 bits per heavy atom. The molecule has 0 amide bonds. The minimum absolute atomic E-state index is 0.0898. The SMILES string of the molecule is CCc1cc2c(=O)c(-c3nc4ccccc4s3)c(C)oc2c(CN(CC(C)C)CC(C)C)c1O. The summed E-state index contributed by atoms with van der Waals surface area (Å²) in [5.74, 6) is 1.74. The third-order valence-electron chi connectivity index (χ3n) is 6.02. The number of fused-ring (bicyclic) bond motifs is 2. The first-order valence-corrected chi connectivity index (χ1v) is 12.9. The third kappa shape index (κ3) is 4.75. The Labute approximate surface area is 205 Å². The van der Waals surface area contributed by atoms with Crippen LogP contribution >= 0.6 is 11.3 Å². The fourth-order valence-corrected chi connectivity index (χ4v) is 5.71. The molecule has 4 aromatic rings. The maximum Gasteiger partial charge on any atom is 0.203 e. The Bertz CT molecular complexity index is 1340. The van der Waals surface area contributed by atoms with Gasteiger partial charge in [0.1, 0.15) is 22.1 Å². The van der Waals surface area contributed by atoms with Gasteiger partial charge < -0.3 is 9.52 Å². The van der Waals surface area contributed by atoms with Gasteiger partial charge in [-0.15, -0.1) is 11.3 Å². The number of aryl methyl sites for hydroxylation is 2. The predicted molar refractivity (Wildman–Crippen MR) is 142 cm³/mol. The molecule has 0 saturated heterocycles. The van der Waals surface area contributed by atoms with E-state index in [1.54, 1.807) is 6.07 Å². The molecule has 4 rings (SSSR count). The monoisotopic (exact) mass is 478 g/mol. The number of benzene rings is 2. The molecule has 0 saturated carbocycles. The minimum atomic E-state index is -0.0898. The van der Waals surface area contributed by atoms with Crippen LogP contribution in [-0.4, -0.2) is 28.1 Å². The Morgan fingerprint density at radius 1 is 1.12 bits per heavy atom. The highest BCUT2D eigenvalue weighted by atomic mass is 32.1. The third-order valence-corrected chi connectivity index (χ3v) is 7.08. The van der Waals surface area contributed by atoms with Crippen LogP contribution in [0.25, 0.3) is 31.8 Å². The topological polar surface area (TPSA) is 66.6 Å². The second kappa shape index (κ2) is 9.88. The molecular formula is C28H34N2O3S. The average Bonchev–Trinajstić information content (AvgIpc) is 3.18. The Balaban J connectivity index is 1.91. The first kappa shape index (κ1) is 24.4. The Morgan fingerprint density at radius 2 is 1.79 bits per heavy atom. The number of rotatable bonds is 8. The van der Waals surface area contributed by atoms with Crippen molar-refractivity contribution in [2.75, 3.05) is 13.1 Å². The van der Waals surface area contributed by atoms with Crippen LogP contribution in [0.3, 0.4) is 0 Å². The van der Waals surface area contributed by atoms with Crippen molar-refractivity contribution in [3.63, 3.8) is 0 Å². The number of phenols is 1. The predicted octanol–water partition coefficient (Wildman–Crippen LogP) is 6.76. The van der Waals surface area contributed by atoms with Gasteiger partial charge in [0, 0.05) is 19.6 Å². The van der Waals surface area contributed by atoms with Crippen LogP contribution < -0.4 is 5.43 Å². The second-order valence-corrected chi connectivity index (χ2v) is 11.0. The van der Waals surface area contributed by atoms with Crippen LogP contribution in [0, 0.1) is 18.8 Å². The van der Waals surface area contributed by atoms with Crippen LogP contribution in [0.2, 0.25) is 0 Å². The number of phenolic OH excluding ortho intramolecular Hbond substituents is 1. The zero-order valence-corrected chi connectivity index (χ0v) is 21.8. The van der Waals surface area contributed by atoms with Gasteiger partial charge in [0.2, 0.25) is 5.43 Å². The van der Waals surface area contributed by atoms with E-state index < -0.39 is 0 Å². The number of nitrogens with zero attached hydrogens (tertiary/aromatic N) is 2. The van der Waals surface area contributed by atoms with Gasteiger partial charge >= 0.3 is 0 Å². The minimum Gasteiger partial charge on any atom is -0.507 e. The fraction of sp³-hybridized carbons (Fsp3) is 0.429. The van der Waals surface area contributed by atoms with Crippen molar-refractivity contribution in [3.05, 3.63) is 57.4 Å². The highest BCUT2D eigenvalue weighted by molar-refractivity contribution is 7.21. The number of thiazole rings is 1. The van der Waals surface area contributed by atoms with E-state index in [4.69, 9.17) is 9.40 Å². The van der Waals surface area contributed by atoms with Crippen LogP contribution in [0.5, 0.6) is 5.75 Å². The standard InChI is InChI=1S/C28H34N2O3S/c1-7-19-12-20-26(32)24(28-29-22-10-8-9-11-23(22)34-28)18(6)33-27(20)21(25(19)31)15-30(13-16(2)3)14-17(4)5/h8-12,16-17,31H,7,13-15H2,1-6H3. The van der Waals surface area contributed by atoms with Gasteiger partial charge in [-0.05, 0) is 48.9 Å². The van der Waals surface area contributed by atoms with E-state index in [-0.39, 0.29) is 11.2 Å². The average molecular weight is 479 g/mol. The summed E-state index contributed by atoms with van der Waals surface area (Å²) in [6.07, 6.45) is 0.632. The van der Waals surface area contributed by atoms with Gasteiger partial charge in [-0.25, -0.2) is 4.98 Å². The lowest BCUT2D eigenvalue weighted by Gasteiger charge is -2.27. The van der Waals surface area contributed by atoms with Crippen molar-refractivity contribution < 1.29 is 9.52 Å². The maximum absolute atomic E-state index is 13.8. The Hall–Kier alpha value is -2.70. The van der Waals surface area contributed by atoms with Crippen molar-refractivity contribution in [1.82, 2.24) is 9.88 Å². The molecule has 0 aliphatic carbocycles. The molecule has 0 aliphatic rings. The number of para-hydroxylation sites is 1. The molecule has 0 aliphatic heterocycles. The smallest absolute Gasteiger partial charge is 0.203 e. The van der Waals surface area contributed by atoms with Crippen molar-refractivity contribution in [2.45, 2.75) is 54.5 Å². The highest BCUT2D eigenvalue weighted by Gasteiger charge is 2.24. The van der Waals surface area contributed by atoms with Crippen molar-refractivity contribution in [3.8, 4) is 16.3 Å². The van der Waals surface area contributed by atoms with E-state index in [1.165, 1.54) is 11.3 Å². The van der Waals surface area contributed by atoms with Gasteiger partial charge in [0.15, 0.2) is 0 Å². The normalized spacial score (nSPS) is 12.1. The molecule has 1 N–H and O–H groups in total. The van der Waals surface area contributed by atoms with E-state index in [1.807, 2.05) is 38.1 Å². The molecule has 0 unspecified atom stereocenters. The van der Waals surface area contributed by atoms with Crippen LogP contribution in [0.1, 0.15) is 51.5 Å². The van der Waals surface area contributed by atoms with Gasteiger partial charge in [-0.2, -0.15) is 0 Å². The quantitative estimate of drug-likeness (QED) is 0.303. The maximum atomic E-state index is 13.8. The largest absolute Gasteiger partial charge is 0.507 e. The molecule has 2 aromatic heterocycles.